The predicted octanol–water partition coefficient (Wildman–Crippen LogP) is 1.51. The van der Waals surface area contributed by atoms with E-state index in [9.17, 15) is 9.59 Å². The summed E-state index contributed by atoms with van der Waals surface area (Å²) < 4.78 is 9.93. The zero-order chi connectivity index (χ0) is 15.4. The third kappa shape index (κ3) is 3.53. The first-order valence-electron chi connectivity index (χ1n) is 7.22. The average Bonchev–Trinajstić information content (AvgIpc) is 2.68. The number of anilines is 1. The van der Waals surface area contributed by atoms with E-state index in [-0.39, 0.29) is 17.4 Å². The Balaban J connectivity index is 1.98. The van der Waals surface area contributed by atoms with Crippen LogP contribution in [0.2, 0.25) is 0 Å². The Kier molecular flexibility index (Phi) is 4.82. The molecule has 2 N–H and O–H groups in total. The van der Waals surface area contributed by atoms with Crippen LogP contribution in [0.25, 0.3) is 0 Å². The number of hydrogen-bond donors (Lipinski definition) is 1. The molecule has 0 aliphatic carbocycles. The fraction of sp³-hybridized carbons (Fsp3) is 0.643. The van der Waals surface area contributed by atoms with E-state index in [0.29, 0.717) is 5.69 Å². The highest BCUT2D eigenvalue weighted by molar-refractivity contribution is 5.96. The number of carbonyl (C=O) groups is 2. The molecule has 7 nitrogen and oxygen atoms in total. The van der Waals surface area contributed by atoms with E-state index < -0.39 is 12.1 Å². The van der Waals surface area contributed by atoms with Gasteiger partial charge in [-0.2, -0.15) is 0 Å². The minimum absolute atomic E-state index is 0.0884. The van der Waals surface area contributed by atoms with E-state index in [4.69, 9.17) is 15.0 Å². The average molecular weight is 295 g/mol. The van der Waals surface area contributed by atoms with Crippen LogP contribution in [-0.2, 0) is 9.53 Å². The normalized spacial score (nSPS) is 17.1. The Labute approximate surface area is 123 Å². The summed E-state index contributed by atoms with van der Waals surface area (Å²) in [6.45, 7) is 4.60. The van der Waals surface area contributed by atoms with E-state index in [1.165, 1.54) is 0 Å². The van der Waals surface area contributed by atoms with Crippen molar-refractivity contribution in [1.82, 2.24) is 10.1 Å². The topological polar surface area (TPSA) is 98.7 Å². The minimum Gasteiger partial charge on any atom is -0.449 e. The van der Waals surface area contributed by atoms with Gasteiger partial charge in [0, 0.05) is 13.1 Å². The summed E-state index contributed by atoms with van der Waals surface area (Å²) in [5.74, 6) is -0.938. The SMILES string of the molecule is Cc1noc(N)c1C(=O)O[C@H](C)C(=O)N1CCCCCC1. The standard InChI is InChI=1S/C14H21N3O4/c1-9-11(12(15)21-16-9)14(19)20-10(2)13(18)17-7-5-3-4-6-8-17/h10H,3-8,15H2,1-2H3/t10-/m1/s1. The minimum atomic E-state index is -0.843. The quantitative estimate of drug-likeness (QED) is 0.849. The zero-order valence-corrected chi connectivity index (χ0v) is 12.4. The van der Waals surface area contributed by atoms with Gasteiger partial charge in [0.25, 0.3) is 5.91 Å². The van der Waals surface area contributed by atoms with Crippen LogP contribution in [0.4, 0.5) is 5.88 Å². The van der Waals surface area contributed by atoms with E-state index in [1.807, 2.05) is 0 Å². The number of hydrogen-bond acceptors (Lipinski definition) is 6. The molecule has 0 spiro atoms. The molecule has 7 heteroatoms. The number of carbonyl (C=O) groups excluding carboxylic acids is 2. The predicted molar refractivity (Wildman–Crippen MR) is 75.6 cm³/mol. The number of rotatable bonds is 3. The van der Waals surface area contributed by atoms with Crippen LogP contribution < -0.4 is 5.73 Å². The summed E-state index contributed by atoms with van der Waals surface area (Å²) in [7, 11) is 0. The van der Waals surface area contributed by atoms with Gasteiger partial charge in [-0.3, -0.25) is 4.79 Å². The second-order valence-corrected chi connectivity index (χ2v) is 5.29. The van der Waals surface area contributed by atoms with Crippen molar-refractivity contribution in [2.75, 3.05) is 18.8 Å². The molecule has 1 aliphatic heterocycles. The van der Waals surface area contributed by atoms with E-state index in [0.717, 1.165) is 38.8 Å². The highest BCUT2D eigenvalue weighted by Crippen LogP contribution is 2.18. The van der Waals surface area contributed by atoms with E-state index in [2.05, 4.69) is 5.16 Å². The summed E-state index contributed by atoms with van der Waals surface area (Å²) in [6, 6.07) is 0. The summed E-state index contributed by atoms with van der Waals surface area (Å²) in [4.78, 5) is 26.1. The summed E-state index contributed by atoms with van der Waals surface area (Å²) in [6.07, 6.45) is 3.40. The summed E-state index contributed by atoms with van der Waals surface area (Å²) >= 11 is 0. The zero-order valence-electron chi connectivity index (χ0n) is 12.4. The van der Waals surface area contributed by atoms with Crippen LogP contribution >= 0.6 is 0 Å². The van der Waals surface area contributed by atoms with Crippen molar-refractivity contribution in [3.63, 3.8) is 0 Å². The van der Waals surface area contributed by atoms with Gasteiger partial charge in [0.15, 0.2) is 6.10 Å². The molecule has 116 valence electrons. The number of esters is 1. The molecular weight excluding hydrogens is 274 g/mol. The fourth-order valence-electron chi connectivity index (χ4n) is 2.45. The molecule has 1 aromatic heterocycles. The van der Waals surface area contributed by atoms with Gasteiger partial charge < -0.3 is 19.9 Å². The first kappa shape index (κ1) is 15.3. The van der Waals surface area contributed by atoms with E-state index >= 15 is 0 Å². The van der Waals surface area contributed by atoms with Crippen molar-refractivity contribution in [3.05, 3.63) is 11.3 Å². The number of aryl methyl sites for hydroxylation is 1. The smallest absolute Gasteiger partial charge is 0.346 e. The number of nitrogen functional groups attached to an aromatic ring is 1. The van der Waals surface area contributed by atoms with Gasteiger partial charge in [0.05, 0.1) is 5.69 Å². The van der Waals surface area contributed by atoms with Gasteiger partial charge in [-0.15, -0.1) is 0 Å². The molecule has 1 atom stereocenters. The molecule has 0 radical (unpaired) electrons. The maximum atomic E-state index is 12.3. The number of likely N-dealkylation sites (tertiary alicyclic amines) is 1. The highest BCUT2D eigenvalue weighted by atomic mass is 16.5. The molecule has 21 heavy (non-hydrogen) atoms. The first-order valence-corrected chi connectivity index (χ1v) is 7.22. The highest BCUT2D eigenvalue weighted by Gasteiger charge is 2.27. The second-order valence-electron chi connectivity index (χ2n) is 5.29. The number of ether oxygens (including phenoxy) is 1. The summed E-state index contributed by atoms with van der Waals surface area (Å²) in [5, 5.41) is 3.60. The van der Waals surface area contributed by atoms with Gasteiger partial charge in [-0.05, 0) is 26.7 Å². The molecule has 1 aliphatic rings. The van der Waals surface area contributed by atoms with Gasteiger partial charge in [-0.25, -0.2) is 4.79 Å². The molecule has 0 bridgehead atoms. The van der Waals surface area contributed by atoms with Crippen LogP contribution in [0.15, 0.2) is 4.52 Å². The van der Waals surface area contributed by atoms with Crippen molar-refractivity contribution >= 4 is 17.8 Å². The van der Waals surface area contributed by atoms with Crippen molar-refractivity contribution < 1.29 is 18.8 Å². The molecule has 1 saturated heterocycles. The fourth-order valence-corrected chi connectivity index (χ4v) is 2.45. The van der Waals surface area contributed by atoms with Gasteiger partial charge in [0.1, 0.15) is 5.56 Å². The first-order chi connectivity index (χ1) is 10.0. The molecule has 2 rings (SSSR count). The molecule has 1 fully saturated rings. The Bertz CT molecular complexity index is 499. The lowest BCUT2D eigenvalue weighted by molar-refractivity contribution is -0.139. The van der Waals surface area contributed by atoms with Crippen LogP contribution in [-0.4, -0.2) is 41.1 Å². The summed E-state index contributed by atoms with van der Waals surface area (Å²) in [5.41, 5.74) is 5.97. The molecule has 0 unspecified atom stereocenters. The Hall–Kier alpha value is -2.05. The molecule has 0 saturated carbocycles. The second kappa shape index (κ2) is 6.60. The van der Waals surface area contributed by atoms with Crippen molar-refractivity contribution in [2.45, 2.75) is 45.6 Å². The largest absolute Gasteiger partial charge is 0.449 e. The van der Waals surface area contributed by atoms with Crippen molar-refractivity contribution in [3.8, 4) is 0 Å². The number of nitrogens with zero attached hydrogens (tertiary/aromatic N) is 2. The lowest BCUT2D eigenvalue weighted by Crippen LogP contribution is -2.40. The number of amides is 1. The molecule has 0 aromatic carbocycles. The van der Waals surface area contributed by atoms with Gasteiger partial charge in [-0.1, -0.05) is 18.0 Å². The van der Waals surface area contributed by atoms with Gasteiger partial charge >= 0.3 is 5.97 Å². The Morgan fingerprint density at radius 2 is 1.90 bits per heavy atom. The van der Waals surface area contributed by atoms with E-state index in [1.54, 1.807) is 18.7 Å². The molecule has 1 aromatic rings. The number of aromatic nitrogens is 1. The van der Waals surface area contributed by atoms with Crippen LogP contribution in [0.3, 0.4) is 0 Å². The third-order valence-electron chi connectivity index (χ3n) is 3.64. The third-order valence-corrected chi connectivity index (χ3v) is 3.64. The van der Waals surface area contributed by atoms with Crippen molar-refractivity contribution in [1.29, 1.82) is 0 Å². The Morgan fingerprint density at radius 3 is 2.43 bits per heavy atom. The van der Waals surface area contributed by atoms with Crippen LogP contribution in [0.1, 0.15) is 48.7 Å². The maximum Gasteiger partial charge on any atom is 0.346 e. The van der Waals surface area contributed by atoms with Crippen molar-refractivity contribution in [2.24, 2.45) is 0 Å². The molecular formula is C14H21N3O4. The number of nitrogens with two attached hydrogens (primary N) is 1. The monoisotopic (exact) mass is 295 g/mol. The lowest BCUT2D eigenvalue weighted by atomic mass is 10.2. The Morgan fingerprint density at radius 1 is 1.29 bits per heavy atom. The van der Waals surface area contributed by atoms with Gasteiger partial charge in [0.2, 0.25) is 5.88 Å². The maximum absolute atomic E-state index is 12.3. The lowest BCUT2D eigenvalue weighted by Gasteiger charge is -2.23. The molecule has 2 heterocycles. The van der Waals surface area contributed by atoms with Crippen LogP contribution in [0.5, 0.6) is 0 Å². The van der Waals surface area contributed by atoms with Crippen LogP contribution in [0, 0.1) is 6.92 Å². The molecule has 1 amide bonds.